The zero-order valence-electron chi connectivity index (χ0n) is 10.9. The smallest absolute Gasteiger partial charge is 0.134 e. The number of hydrogen-bond donors (Lipinski definition) is 1. The molecule has 2 aromatic rings. The summed E-state index contributed by atoms with van der Waals surface area (Å²) in [6.45, 7) is 0.686. The molecule has 2 atom stereocenters. The van der Waals surface area contributed by atoms with Crippen molar-refractivity contribution in [2.45, 2.75) is 12.3 Å². The van der Waals surface area contributed by atoms with E-state index in [1.165, 1.54) is 11.1 Å². The number of methoxy groups -OCH3 is 1. The minimum absolute atomic E-state index is 0.0201. The van der Waals surface area contributed by atoms with Crippen LogP contribution < -0.4 is 10.1 Å². The van der Waals surface area contributed by atoms with Crippen LogP contribution in [0.25, 0.3) is 0 Å². The molecule has 98 valence electrons. The molecule has 1 fully saturated rings. The van der Waals surface area contributed by atoms with Gasteiger partial charge >= 0.3 is 0 Å². The molecule has 0 aromatic heterocycles. The van der Waals surface area contributed by atoms with Crippen LogP contribution >= 0.6 is 0 Å². The third-order valence-electron chi connectivity index (χ3n) is 3.40. The van der Waals surface area contributed by atoms with Gasteiger partial charge in [-0.1, -0.05) is 42.5 Å². The van der Waals surface area contributed by atoms with E-state index in [1.807, 2.05) is 30.3 Å². The van der Waals surface area contributed by atoms with Gasteiger partial charge in [-0.3, -0.25) is 5.32 Å². The quantitative estimate of drug-likeness (QED) is 0.914. The van der Waals surface area contributed by atoms with Crippen molar-refractivity contribution in [3.63, 3.8) is 0 Å². The van der Waals surface area contributed by atoms with E-state index in [4.69, 9.17) is 9.47 Å². The van der Waals surface area contributed by atoms with E-state index < -0.39 is 0 Å². The van der Waals surface area contributed by atoms with E-state index in [0.717, 1.165) is 5.75 Å². The van der Waals surface area contributed by atoms with Crippen LogP contribution in [0, 0.1) is 0 Å². The zero-order chi connectivity index (χ0) is 13.1. The van der Waals surface area contributed by atoms with E-state index in [0.29, 0.717) is 6.61 Å². The van der Waals surface area contributed by atoms with Gasteiger partial charge in [0.1, 0.15) is 12.0 Å². The first kappa shape index (κ1) is 12.2. The molecule has 0 spiro atoms. The van der Waals surface area contributed by atoms with Gasteiger partial charge in [-0.2, -0.15) is 0 Å². The van der Waals surface area contributed by atoms with Crippen molar-refractivity contribution in [2.24, 2.45) is 0 Å². The molecule has 3 rings (SSSR count). The molecule has 1 saturated heterocycles. The molecule has 0 bridgehead atoms. The molecule has 1 heterocycles. The van der Waals surface area contributed by atoms with E-state index in [1.54, 1.807) is 7.11 Å². The number of ether oxygens (including phenoxy) is 2. The van der Waals surface area contributed by atoms with Crippen LogP contribution in [-0.2, 0) is 4.74 Å². The standard InChI is InChI=1S/C16H17NO2/c1-18-14-9-7-12(8-10-14)15-11-19-16(17-15)13-5-3-2-4-6-13/h2-10,15-17H,11H2,1H3. The predicted octanol–water partition coefficient (Wildman–Crippen LogP) is 3.05. The first-order chi connectivity index (χ1) is 9.36. The number of nitrogens with one attached hydrogen (secondary N) is 1. The Morgan fingerprint density at radius 2 is 1.74 bits per heavy atom. The maximum absolute atomic E-state index is 5.82. The SMILES string of the molecule is COc1ccc(C2COC(c3ccccc3)N2)cc1. The van der Waals surface area contributed by atoms with Gasteiger partial charge in [0.2, 0.25) is 0 Å². The molecule has 3 heteroatoms. The molecule has 0 aliphatic carbocycles. The fourth-order valence-electron chi connectivity index (χ4n) is 2.32. The normalized spacial score (nSPS) is 22.4. The lowest BCUT2D eigenvalue weighted by atomic mass is 10.1. The Labute approximate surface area is 113 Å². The maximum atomic E-state index is 5.82. The van der Waals surface area contributed by atoms with Crippen LogP contribution in [0.1, 0.15) is 23.4 Å². The van der Waals surface area contributed by atoms with Gasteiger partial charge in [0.25, 0.3) is 0 Å². The van der Waals surface area contributed by atoms with Crippen molar-refractivity contribution < 1.29 is 9.47 Å². The summed E-state index contributed by atoms with van der Waals surface area (Å²) < 4.78 is 11.0. The molecule has 2 aromatic carbocycles. The summed E-state index contributed by atoms with van der Waals surface area (Å²) in [6, 6.07) is 18.6. The Hall–Kier alpha value is -1.84. The summed E-state index contributed by atoms with van der Waals surface area (Å²) in [5.74, 6) is 0.877. The van der Waals surface area contributed by atoms with Gasteiger partial charge in [0.15, 0.2) is 0 Å². The highest BCUT2D eigenvalue weighted by atomic mass is 16.5. The van der Waals surface area contributed by atoms with Gasteiger partial charge < -0.3 is 9.47 Å². The van der Waals surface area contributed by atoms with Crippen LogP contribution in [0.3, 0.4) is 0 Å². The van der Waals surface area contributed by atoms with E-state index in [2.05, 4.69) is 29.6 Å². The number of hydrogen-bond acceptors (Lipinski definition) is 3. The lowest BCUT2D eigenvalue weighted by Gasteiger charge is -2.13. The number of benzene rings is 2. The highest BCUT2D eigenvalue weighted by Crippen LogP contribution is 2.28. The fourth-order valence-corrected chi connectivity index (χ4v) is 2.32. The Morgan fingerprint density at radius 3 is 2.42 bits per heavy atom. The third kappa shape index (κ3) is 2.62. The maximum Gasteiger partial charge on any atom is 0.134 e. The number of rotatable bonds is 3. The van der Waals surface area contributed by atoms with Gasteiger partial charge in [0, 0.05) is 0 Å². The van der Waals surface area contributed by atoms with Gasteiger partial charge in [0.05, 0.1) is 19.8 Å². The Bertz CT molecular complexity index is 524. The van der Waals surface area contributed by atoms with Crippen LogP contribution in [0.4, 0.5) is 0 Å². The van der Waals surface area contributed by atoms with Crippen LogP contribution in [0.15, 0.2) is 54.6 Å². The van der Waals surface area contributed by atoms with E-state index in [9.17, 15) is 0 Å². The predicted molar refractivity (Wildman–Crippen MR) is 74.0 cm³/mol. The second-order valence-corrected chi connectivity index (χ2v) is 4.62. The topological polar surface area (TPSA) is 30.5 Å². The molecule has 0 amide bonds. The molecule has 1 N–H and O–H groups in total. The lowest BCUT2D eigenvalue weighted by Crippen LogP contribution is -2.18. The Kier molecular flexibility index (Phi) is 3.49. The Morgan fingerprint density at radius 1 is 1.00 bits per heavy atom. The second kappa shape index (κ2) is 5.43. The van der Waals surface area contributed by atoms with E-state index >= 15 is 0 Å². The molecule has 19 heavy (non-hydrogen) atoms. The minimum atomic E-state index is -0.0201. The molecule has 1 aliphatic heterocycles. The van der Waals surface area contributed by atoms with Gasteiger partial charge in [-0.15, -0.1) is 0 Å². The molecule has 3 nitrogen and oxygen atoms in total. The summed E-state index contributed by atoms with van der Waals surface area (Å²) in [6.07, 6.45) is -0.0201. The zero-order valence-corrected chi connectivity index (χ0v) is 10.9. The summed E-state index contributed by atoms with van der Waals surface area (Å²) in [5, 5.41) is 3.50. The highest BCUT2D eigenvalue weighted by molar-refractivity contribution is 5.30. The second-order valence-electron chi connectivity index (χ2n) is 4.62. The summed E-state index contributed by atoms with van der Waals surface area (Å²) in [7, 11) is 1.68. The van der Waals surface area contributed by atoms with Gasteiger partial charge in [-0.25, -0.2) is 0 Å². The fraction of sp³-hybridized carbons (Fsp3) is 0.250. The van der Waals surface area contributed by atoms with Crippen molar-refractivity contribution in [3.05, 3.63) is 65.7 Å². The lowest BCUT2D eigenvalue weighted by molar-refractivity contribution is 0.101. The Balaban J connectivity index is 1.71. The van der Waals surface area contributed by atoms with Gasteiger partial charge in [-0.05, 0) is 23.3 Å². The summed E-state index contributed by atoms with van der Waals surface area (Å²) in [4.78, 5) is 0. The van der Waals surface area contributed by atoms with Crippen LogP contribution in [0.2, 0.25) is 0 Å². The molecule has 0 radical (unpaired) electrons. The van der Waals surface area contributed by atoms with Crippen molar-refractivity contribution >= 4 is 0 Å². The van der Waals surface area contributed by atoms with Crippen molar-refractivity contribution in [1.82, 2.24) is 5.32 Å². The van der Waals surface area contributed by atoms with E-state index in [-0.39, 0.29) is 12.3 Å². The summed E-state index contributed by atoms with van der Waals surface area (Å²) in [5.41, 5.74) is 2.39. The van der Waals surface area contributed by atoms with Crippen LogP contribution in [0.5, 0.6) is 5.75 Å². The summed E-state index contributed by atoms with van der Waals surface area (Å²) >= 11 is 0. The molecular weight excluding hydrogens is 238 g/mol. The molecule has 0 saturated carbocycles. The molecular formula is C16H17NO2. The first-order valence-corrected chi connectivity index (χ1v) is 6.43. The molecule has 2 unspecified atom stereocenters. The average molecular weight is 255 g/mol. The minimum Gasteiger partial charge on any atom is -0.497 e. The first-order valence-electron chi connectivity index (χ1n) is 6.43. The molecule has 1 aliphatic rings. The largest absolute Gasteiger partial charge is 0.497 e. The van der Waals surface area contributed by atoms with Crippen molar-refractivity contribution in [3.8, 4) is 5.75 Å². The third-order valence-corrected chi connectivity index (χ3v) is 3.40. The van der Waals surface area contributed by atoms with Crippen LogP contribution in [-0.4, -0.2) is 13.7 Å². The van der Waals surface area contributed by atoms with Crippen molar-refractivity contribution in [2.75, 3.05) is 13.7 Å². The highest BCUT2D eigenvalue weighted by Gasteiger charge is 2.26. The average Bonchev–Trinajstić information content (AvgIpc) is 2.98. The van der Waals surface area contributed by atoms with Crippen molar-refractivity contribution in [1.29, 1.82) is 0 Å². The monoisotopic (exact) mass is 255 g/mol.